The SMILES string of the molecule is Cc1cc(O)c(Cl)cc1C1(N)CC1. The first-order chi connectivity index (χ1) is 6.03. The standard InChI is InChI=1S/C10H12ClNO/c1-6-4-9(13)8(11)5-7(6)10(12)2-3-10/h4-5,13H,2-3,12H2,1H3. The monoisotopic (exact) mass is 197 g/mol. The summed E-state index contributed by atoms with van der Waals surface area (Å²) in [5.41, 5.74) is 7.95. The summed E-state index contributed by atoms with van der Waals surface area (Å²) in [5.74, 6) is 0.132. The Labute approximate surface area is 82.3 Å². The topological polar surface area (TPSA) is 46.2 Å². The largest absolute Gasteiger partial charge is 0.506 e. The van der Waals surface area contributed by atoms with Crippen molar-refractivity contribution in [2.75, 3.05) is 0 Å². The van der Waals surface area contributed by atoms with E-state index >= 15 is 0 Å². The molecule has 1 aliphatic carbocycles. The molecule has 1 aromatic rings. The first-order valence-electron chi connectivity index (χ1n) is 4.31. The Morgan fingerprint density at radius 1 is 1.46 bits per heavy atom. The number of halogens is 1. The van der Waals surface area contributed by atoms with E-state index < -0.39 is 0 Å². The maximum atomic E-state index is 9.34. The second kappa shape index (κ2) is 2.63. The van der Waals surface area contributed by atoms with Crippen molar-refractivity contribution in [3.63, 3.8) is 0 Å². The van der Waals surface area contributed by atoms with Gasteiger partial charge in [0.2, 0.25) is 0 Å². The molecule has 1 aliphatic rings. The van der Waals surface area contributed by atoms with E-state index in [2.05, 4.69) is 0 Å². The number of hydrogen-bond acceptors (Lipinski definition) is 2. The van der Waals surface area contributed by atoms with Gasteiger partial charge in [0, 0.05) is 5.54 Å². The number of aromatic hydroxyl groups is 1. The summed E-state index contributed by atoms with van der Waals surface area (Å²) < 4.78 is 0. The highest BCUT2D eigenvalue weighted by molar-refractivity contribution is 6.32. The minimum Gasteiger partial charge on any atom is -0.506 e. The van der Waals surface area contributed by atoms with Crippen LogP contribution >= 0.6 is 11.6 Å². The first kappa shape index (κ1) is 8.85. The number of phenols is 1. The summed E-state index contributed by atoms with van der Waals surface area (Å²) >= 11 is 5.81. The van der Waals surface area contributed by atoms with E-state index in [9.17, 15) is 5.11 Å². The molecule has 0 saturated heterocycles. The Kier molecular flexibility index (Phi) is 1.79. The molecule has 0 aliphatic heterocycles. The average Bonchev–Trinajstić information content (AvgIpc) is 2.77. The van der Waals surface area contributed by atoms with Gasteiger partial charge in [-0.2, -0.15) is 0 Å². The van der Waals surface area contributed by atoms with Gasteiger partial charge in [-0.05, 0) is 43.0 Å². The van der Waals surface area contributed by atoms with Crippen molar-refractivity contribution >= 4 is 11.6 Å². The average molecular weight is 198 g/mol. The fourth-order valence-corrected chi connectivity index (χ4v) is 1.77. The smallest absolute Gasteiger partial charge is 0.134 e. The van der Waals surface area contributed by atoms with Crippen molar-refractivity contribution in [3.8, 4) is 5.75 Å². The molecule has 2 rings (SSSR count). The molecule has 0 aromatic heterocycles. The second-order valence-corrected chi connectivity index (χ2v) is 4.18. The third-order valence-corrected chi connectivity index (χ3v) is 2.92. The molecule has 0 radical (unpaired) electrons. The minimum absolute atomic E-state index is 0.132. The fourth-order valence-electron chi connectivity index (χ4n) is 1.61. The fraction of sp³-hybridized carbons (Fsp3) is 0.400. The van der Waals surface area contributed by atoms with E-state index in [1.54, 1.807) is 12.1 Å². The summed E-state index contributed by atoms with van der Waals surface area (Å²) in [6, 6.07) is 3.45. The summed E-state index contributed by atoms with van der Waals surface area (Å²) in [4.78, 5) is 0. The molecule has 0 heterocycles. The van der Waals surface area contributed by atoms with Crippen LogP contribution in [0, 0.1) is 6.92 Å². The zero-order valence-electron chi connectivity index (χ0n) is 7.47. The molecule has 3 heteroatoms. The van der Waals surface area contributed by atoms with Crippen LogP contribution in [0.1, 0.15) is 24.0 Å². The van der Waals surface area contributed by atoms with Crippen LogP contribution in [0.4, 0.5) is 0 Å². The highest BCUT2D eigenvalue weighted by atomic mass is 35.5. The van der Waals surface area contributed by atoms with Crippen LogP contribution in [0.5, 0.6) is 5.75 Å². The predicted molar refractivity (Wildman–Crippen MR) is 53.0 cm³/mol. The first-order valence-corrected chi connectivity index (χ1v) is 4.69. The molecule has 0 unspecified atom stereocenters. The van der Waals surface area contributed by atoms with Crippen LogP contribution in [-0.2, 0) is 5.54 Å². The van der Waals surface area contributed by atoms with Crippen LogP contribution in [0.2, 0.25) is 5.02 Å². The lowest BCUT2D eigenvalue weighted by Gasteiger charge is -2.13. The lowest BCUT2D eigenvalue weighted by molar-refractivity contribution is 0.474. The van der Waals surface area contributed by atoms with E-state index in [4.69, 9.17) is 17.3 Å². The van der Waals surface area contributed by atoms with Gasteiger partial charge in [0.25, 0.3) is 0 Å². The van der Waals surface area contributed by atoms with Gasteiger partial charge in [0.15, 0.2) is 0 Å². The van der Waals surface area contributed by atoms with Gasteiger partial charge in [-0.3, -0.25) is 0 Å². The zero-order chi connectivity index (χ0) is 9.64. The highest BCUT2D eigenvalue weighted by Gasteiger charge is 2.41. The van der Waals surface area contributed by atoms with E-state index in [0.29, 0.717) is 5.02 Å². The van der Waals surface area contributed by atoms with Crippen molar-refractivity contribution in [1.82, 2.24) is 0 Å². The molecule has 2 nitrogen and oxygen atoms in total. The highest BCUT2D eigenvalue weighted by Crippen LogP contribution is 2.45. The molecule has 1 fully saturated rings. The number of nitrogens with two attached hydrogens (primary N) is 1. The molecule has 0 spiro atoms. The van der Waals surface area contributed by atoms with E-state index in [0.717, 1.165) is 24.0 Å². The van der Waals surface area contributed by atoms with Crippen LogP contribution in [0.15, 0.2) is 12.1 Å². The zero-order valence-corrected chi connectivity index (χ0v) is 8.23. The van der Waals surface area contributed by atoms with Gasteiger partial charge < -0.3 is 10.8 Å². The van der Waals surface area contributed by atoms with Crippen LogP contribution in [0.25, 0.3) is 0 Å². The second-order valence-electron chi connectivity index (χ2n) is 3.77. The normalized spacial score (nSPS) is 18.7. The minimum atomic E-state index is -0.179. The Morgan fingerprint density at radius 2 is 2.08 bits per heavy atom. The lowest BCUT2D eigenvalue weighted by Crippen LogP contribution is -2.19. The molecule has 1 saturated carbocycles. The number of benzene rings is 1. The molecule has 0 amide bonds. The van der Waals surface area contributed by atoms with E-state index in [-0.39, 0.29) is 11.3 Å². The van der Waals surface area contributed by atoms with Gasteiger partial charge in [0.05, 0.1) is 5.02 Å². The molecular weight excluding hydrogens is 186 g/mol. The van der Waals surface area contributed by atoms with Crippen LogP contribution < -0.4 is 5.73 Å². The quantitative estimate of drug-likeness (QED) is 0.726. The molecule has 1 aromatic carbocycles. The summed E-state index contributed by atoms with van der Waals surface area (Å²) in [6.07, 6.45) is 2.02. The van der Waals surface area contributed by atoms with Gasteiger partial charge >= 0.3 is 0 Å². The molecule has 70 valence electrons. The Balaban J connectivity index is 2.52. The Hall–Kier alpha value is -0.730. The molecule has 0 bridgehead atoms. The summed E-state index contributed by atoms with van der Waals surface area (Å²) in [6.45, 7) is 1.94. The number of aryl methyl sites for hydroxylation is 1. The number of phenolic OH excluding ortho intramolecular Hbond substituents is 1. The van der Waals surface area contributed by atoms with Crippen molar-refractivity contribution in [1.29, 1.82) is 0 Å². The number of rotatable bonds is 1. The molecule has 0 atom stereocenters. The van der Waals surface area contributed by atoms with Gasteiger partial charge in [-0.1, -0.05) is 11.6 Å². The van der Waals surface area contributed by atoms with Crippen molar-refractivity contribution < 1.29 is 5.11 Å². The molecule has 3 N–H and O–H groups in total. The van der Waals surface area contributed by atoms with Crippen LogP contribution in [-0.4, -0.2) is 5.11 Å². The predicted octanol–water partition coefficient (Wildman–Crippen LogP) is 2.30. The molecule has 13 heavy (non-hydrogen) atoms. The lowest BCUT2D eigenvalue weighted by atomic mass is 10.00. The summed E-state index contributed by atoms with van der Waals surface area (Å²) in [7, 11) is 0. The Morgan fingerprint density at radius 3 is 2.62 bits per heavy atom. The van der Waals surface area contributed by atoms with E-state index in [1.165, 1.54) is 0 Å². The van der Waals surface area contributed by atoms with E-state index in [1.807, 2.05) is 6.92 Å². The van der Waals surface area contributed by atoms with Crippen molar-refractivity contribution in [2.45, 2.75) is 25.3 Å². The molecular formula is C10H12ClNO. The van der Waals surface area contributed by atoms with Gasteiger partial charge in [-0.25, -0.2) is 0 Å². The maximum Gasteiger partial charge on any atom is 0.134 e. The Bertz CT molecular complexity index is 358. The van der Waals surface area contributed by atoms with Gasteiger partial charge in [-0.15, -0.1) is 0 Å². The van der Waals surface area contributed by atoms with Crippen molar-refractivity contribution in [2.24, 2.45) is 5.73 Å². The van der Waals surface area contributed by atoms with Gasteiger partial charge in [0.1, 0.15) is 5.75 Å². The van der Waals surface area contributed by atoms with Crippen molar-refractivity contribution in [3.05, 3.63) is 28.3 Å². The van der Waals surface area contributed by atoms with Crippen LogP contribution in [0.3, 0.4) is 0 Å². The summed E-state index contributed by atoms with van der Waals surface area (Å²) in [5, 5.41) is 9.72. The third-order valence-electron chi connectivity index (χ3n) is 2.62. The maximum absolute atomic E-state index is 9.34. The third kappa shape index (κ3) is 1.40. The number of hydrogen-bond donors (Lipinski definition) is 2.